The van der Waals surface area contributed by atoms with Gasteiger partial charge in [0, 0.05) is 15.4 Å². The van der Waals surface area contributed by atoms with Crippen LogP contribution in [0.3, 0.4) is 0 Å². The number of rotatable bonds is 7. The van der Waals surface area contributed by atoms with Crippen molar-refractivity contribution in [3.63, 3.8) is 0 Å². The van der Waals surface area contributed by atoms with E-state index in [2.05, 4.69) is 37.0 Å². The third-order valence-electron chi connectivity index (χ3n) is 6.36. The zero-order valence-electron chi connectivity index (χ0n) is 21.5. The van der Waals surface area contributed by atoms with Gasteiger partial charge in [-0.15, -0.1) is 0 Å². The summed E-state index contributed by atoms with van der Waals surface area (Å²) in [7, 11) is 1.52. The molecule has 2 heterocycles. The first kappa shape index (κ1) is 26.9. The van der Waals surface area contributed by atoms with E-state index in [1.165, 1.54) is 30.1 Å². The van der Waals surface area contributed by atoms with E-state index < -0.39 is 0 Å². The summed E-state index contributed by atoms with van der Waals surface area (Å²) in [6.45, 7) is 0.131. The Morgan fingerprint density at radius 3 is 2.61 bits per heavy atom. The van der Waals surface area contributed by atoms with Crippen LogP contribution in [0.1, 0.15) is 11.1 Å². The first-order chi connectivity index (χ1) is 19.9. The summed E-state index contributed by atoms with van der Waals surface area (Å²) in [5.74, 6) is 1.17. The number of nitrogens with zero attached hydrogens (tertiary/aromatic N) is 3. The molecule has 0 aliphatic rings. The van der Waals surface area contributed by atoms with Gasteiger partial charge in [-0.25, -0.2) is 9.37 Å². The highest BCUT2D eigenvalue weighted by Crippen LogP contribution is 2.42. The molecule has 0 spiro atoms. The molecular formula is C31H20Br2FN3O4. The Hall–Kier alpha value is -4.28. The number of halogens is 3. The van der Waals surface area contributed by atoms with Gasteiger partial charge in [0.1, 0.15) is 18.0 Å². The number of aromatic nitrogens is 2. The number of furan rings is 1. The van der Waals surface area contributed by atoms with Crippen molar-refractivity contribution in [2.45, 2.75) is 6.61 Å². The number of ether oxygens (including phenoxy) is 2. The predicted molar refractivity (Wildman–Crippen MR) is 163 cm³/mol. The second kappa shape index (κ2) is 11.3. The molecular weight excluding hydrogens is 657 g/mol. The fraction of sp³-hybridized carbons (Fsp3) is 0.0645. The Kier molecular flexibility index (Phi) is 7.42. The third kappa shape index (κ3) is 5.28. The van der Waals surface area contributed by atoms with Crippen LogP contribution < -0.4 is 15.0 Å². The molecule has 0 radical (unpaired) electrons. The average Bonchev–Trinajstić information content (AvgIpc) is 3.42. The molecule has 0 saturated carbocycles. The molecule has 0 saturated heterocycles. The lowest BCUT2D eigenvalue weighted by Gasteiger charge is -2.15. The molecule has 0 bridgehead atoms. The Morgan fingerprint density at radius 2 is 1.80 bits per heavy atom. The van der Waals surface area contributed by atoms with Gasteiger partial charge in [-0.2, -0.15) is 9.78 Å². The number of methoxy groups -OCH3 is 1. The van der Waals surface area contributed by atoms with Gasteiger partial charge < -0.3 is 13.9 Å². The summed E-state index contributed by atoms with van der Waals surface area (Å²) < 4.78 is 33.6. The molecule has 7 nitrogen and oxygen atoms in total. The molecule has 0 atom stereocenters. The summed E-state index contributed by atoms with van der Waals surface area (Å²) >= 11 is 7.17. The van der Waals surface area contributed by atoms with Gasteiger partial charge >= 0.3 is 0 Å². The standard InChI is InChI=1S/C31H20Br2FN3O4/c1-39-25-15-20(27(32)28(33)29(25)40-17-18-7-6-9-21(34)13-18)16-35-37-30(26-14-19-8-2-5-12-24(19)41-26)36-23-11-4-3-10-22(23)31(37)38/h2-16H,17H2,1H3. The van der Waals surface area contributed by atoms with Gasteiger partial charge in [0.15, 0.2) is 17.3 Å². The van der Waals surface area contributed by atoms with E-state index in [4.69, 9.17) is 18.9 Å². The smallest absolute Gasteiger partial charge is 0.282 e. The number of fused-ring (bicyclic) bond motifs is 2. The van der Waals surface area contributed by atoms with Crippen LogP contribution >= 0.6 is 31.9 Å². The lowest BCUT2D eigenvalue weighted by molar-refractivity contribution is 0.282. The highest BCUT2D eigenvalue weighted by Gasteiger charge is 2.19. The van der Waals surface area contributed by atoms with Crippen molar-refractivity contribution >= 4 is 59.9 Å². The van der Waals surface area contributed by atoms with Crippen molar-refractivity contribution in [2.24, 2.45) is 5.10 Å². The first-order valence-electron chi connectivity index (χ1n) is 12.4. The second-order valence-electron chi connectivity index (χ2n) is 9.01. The highest BCUT2D eigenvalue weighted by molar-refractivity contribution is 9.13. The summed E-state index contributed by atoms with van der Waals surface area (Å²) in [5.41, 5.74) is 2.12. The highest BCUT2D eigenvalue weighted by atomic mass is 79.9. The van der Waals surface area contributed by atoms with Gasteiger partial charge in [-0.1, -0.05) is 42.5 Å². The SMILES string of the molecule is COc1cc(C=Nn2c(-c3cc4ccccc4o3)nc3ccccc3c2=O)c(Br)c(Br)c1OCc1cccc(F)c1. The maximum Gasteiger partial charge on any atom is 0.282 e. The zero-order chi connectivity index (χ0) is 28.5. The fourth-order valence-corrected chi connectivity index (χ4v) is 5.31. The molecule has 0 fully saturated rings. The van der Waals surface area contributed by atoms with Crippen molar-refractivity contribution in [1.82, 2.24) is 9.66 Å². The molecule has 0 aliphatic carbocycles. The first-order valence-corrected chi connectivity index (χ1v) is 14.0. The number of hydrogen-bond acceptors (Lipinski definition) is 6. The quantitative estimate of drug-likeness (QED) is 0.160. The molecule has 0 aliphatic heterocycles. The number of hydrogen-bond donors (Lipinski definition) is 0. The molecule has 41 heavy (non-hydrogen) atoms. The van der Waals surface area contributed by atoms with E-state index in [0.29, 0.717) is 53.8 Å². The average molecular weight is 677 g/mol. The summed E-state index contributed by atoms with van der Waals surface area (Å²) in [5, 5.41) is 5.85. The summed E-state index contributed by atoms with van der Waals surface area (Å²) in [6.07, 6.45) is 1.53. The minimum atomic E-state index is -0.348. The van der Waals surface area contributed by atoms with Crippen molar-refractivity contribution in [3.05, 3.63) is 121 Å². The van der Waals surface area contributed by atoms with Gasteiger partial charge in [0.05, 0.1) is 28.7 Å². The van der Waals surface area contributed by atoms with E-state index in [-0.39, 0.29) is 23.8 Å². The number of para-hydroxylation sites is 2. The topological polar surface area (TPSA) is 78.9 Å². The Balaban J connectivity index is 1.42. The Morgan fingerprint density at radius 1 is 1.00 bits per heavy atom. The fourth-order valence-electron chi connectivity index (χ4n) is 4.37. The molecule has 0 amide bonds. The summed E-state index contributed by atoms with van der Waals surface area (Å²) in [4.78, 5) is 18.3. The van der Waals surface area contributed by atoms with Crippen LogP contribution in [0.25, 0.3) is 33.5 Å². The van der Waals surface area contributed by atoms with E-state index >= 15 is 0 Å². The summed E-state index contributed by atoms with van der Waals surface area (Å²) in [6, 6.07) is 24.4. The molecule has 2 aromatic heterocycles. The third-order valence-corrected chi connectivity index (χ3v) is 8.50. The minimum absolute atomic E-state index is 0.131. The molecule has 4 aromatic carbocycles. The minimum Gasteiger partial charge on any atom is -0.493 e. The van der Waals surface area contributed by atoms with E-state index in [0.717, 1.165) is 5.39 Å². The lowest BCUT2D eigenvalue weighted by Crippen LogP contribution is -2.20. The van der Waals surface area contributed by atoms with E-state index in [9.17, 15) is 9.18 Å². The van der Waals surface area contributed by atoms with Crippen molar-refractivity contribution in [2.75, 3.05) is 7.11 Å². The molecule has 0 unspecified atom stereocenters. The van der Waals surface area contributed by atoms with Crippen LogP contribution in [0.15, 0.2) is 108 Å². The molecule has 204 valence electrons. The van der Waals surface area contributed by atoms with E-state index in [1.54, 1.807) is 36.4 Å². The van der Waals surface area contributed by atoms with E-state index in [1.807, 2.05) is 36.4 Å². The van der Waals surface area contributed by atoms with Crippen molar-refractivity contribution in [3.8, 4) is 23.1 Å². The molecule has 0 N–H and O–H groups in total. The van der Waals surface area contributed by atoms with Gasteiger partial charge in [-0.3, -0.25) is 4.79 Å². The maximum atomic E-state index is 13.6. The van der Waals surface area contributed by atoms with Crippen LogP contribution in [-0.2, 0) is 6.61 Å². The van der Waals surface area contributed by atoms with Crippen molar-refractivity contribution < 1.29 is 18.3 Å². The monoisotopic (exact) mass is 675 g/mol. The Bertz CT molecular complexity index is 1990. The van der Waals surface area contributed by atoms with Crippen molar-refractivity contribution in [1.29, 1.82) is 0 Å². The molecule has 6 aromatic rings. The predicted octanol–water partition coefficient (Wildman–Crippen LogP) is 7.94. The van der Waals surface area contributed by atoms with Crippen LogP contribution in [0.2, 0.25) is 0 Å². The van der Waals surface area contributed by atoms with Gasteiger partial charge in [0.2, 0.25) is 5.82 Å². The van der Waals surface area contributed by atoms with Gasteiger partial charge in [-0.05, 0) is 79.9 Å². The van der Waals surface area contributed by atoms with Crippen LogP contribution in [0, 0.1) is 5.82 Å². The second-order valence-corrected chi connectivity index (χ2v) is 10.6. The van der Waals surface area contributed by atoms with Crippen LogP contribution in [0.4, 0.5) is 4.39 Å². The van der Waals surface area contributed by atoms with Crippen LogP contribution in [0.5, 0.6) is 11.5 Å². The molecule has 10 heteroatoms. The van der Waals surface area contributed by atoms with Gasteiger partial charge in [0.25, 0.3) is 5.56 Å². The maximum absolute atomic E-state index is 13.6. The number of benzene rings is 4. The largest absolute Gasteiger partial charge is 0.493 e. The zero-order valence-corrected chi connectivity index (χ0v) is 24.6. The van der Waals surface area contributed by atoms with Crippen LogP contribution in [-0.4, -0.2) is 23.0 Å². The normalized spacial score (nSPS) is 11.5. The molecule has 6 rings (SSSR count). The Labute approximate surface area is 250 Å². The lowest BCUT2D eigenvalue weighted by atomic mass is 10.2.